The molecule has 0 atom stereocenters. The van der Waals surface area contributed by atoms with Crippen LogP contribution in [0.4, 0.5) is 0 Å². The number of carbonyl (C=O) groups is 1. The van der Waals surface area contributed by atoms with Crippen LogP contribution in [-0.2, 0) is 17.8 Å². The average Bonchev–Trinajstić information content (AvgIpc) is 2.35. The molecule has 1 aliphatic rings. The van der Waals surface area contributed by atoms with Crippen LogP contribution in [0.3, 0.4) is 0 Å². The molecule has 0 bridgehead atoms. The molecule has 17 heavy (non-hydrogen) atoms. The van der Waals surface area contributed by atoms with Gasteiger partial charge in [0.2, 0.25) is 0 Å². The maximum absolute atomic E-state index is 10.8. The molecule has 0 radical (unpaired) electrons. The molecule has 0 saturated carbocycles. The van der Waals surface area contributed by atoms with Crippen LogP contribution in [-0.4, -0.2) is 27.7 Å². The normalized spacial score (nSPS) is 14.6. The van der Waals surface area contributed by atoms with E-state index < -0.39 is 5.97 Å². The maximum Gasteiger partial charge on any atom is 0.337 e. The molecule has 5 nitrogen and oxygen atoms in total. The van der Waals surface area contributed by atoms with Crippen LogP contribution >= 0.6 is 0 Å². The summed E-state index contributed by atoms with van der Waals surface area (Å²) in [6, 6.07) is 3.50. The number of aromatic carboxylic acids is 1. The quantitative estimate of drug-likeness (QED) is 0.801. The summed E-state index contributed by atoms with van der Waals surface area (Å²) < 4.78 is 5.35. The summed E-state index contributed by atoms with van der Waals surface area (Å²) in [5, 5.41) is 9.64. The number of carboxylic acid groups (broad SMARTS) is 1. The van der Waals surface area contributed by atoms with Gasteiger partial charge in [-0.2, -0.15) is 0 Å². The van der Waals surface area contributed by atoms with Crippen molar-refractivity contribution in [3.63, 3.8) is 0 Å². The van der Waals surface area contributed by atoms with Gasteiger partial charge in [-0.3, -0.25) is 0 Å². The van der Waals surface area contributed by atoms with Gasteiger partial charge in [0.05, 0.1) is 24.5 Å². The lowest BCUT2D eigenvalue weighted by Gasteiger charge is -2.15. The summed E-state index contributed by atoms with van der Waals surface area (Å²) in [4.78, 5) is 19.4. The first-order valence-electron chi connectivity index (χ1n) is 5.33. The van der Waals surface area contributed by atoms with Crippen LogP contribution in [0.5, 0.6) is 0 Å². The van der Waals surface area contributed by atoms with Crippen molar-refractivity contribution in [2.75, 3.05) is 6.61 Å². The minimum Gasteiger partial charge on any atom is -0.478 e. The first-order chi connectivity index (χ1) is 8.24. The highest BCUT2D eigenvalue weighted by atomic mass is 16.5. The first kappa shape index (κ1) is 10.2. The van der Waals surface area contributed by atoms with Crippen molar-refractivity contribution in [3.8, 4) is 0 Å². The van der Waals surface area contributed by atoms with Crippen molar-refractivity contribution in [2.45, 2.75) is 13.0 Å². The number of hydrogen-bond acceptors (Lipinski definition) is 4. The van der Waals surface area contributed by atoms with E-state index in [1.165, 1.54) is 6.20 Å². The van der Waals surface area contributed by atoms with E-state index >= 15 is 0 Å². The lowest BCUT2D eigenvalue weighted by molar-refractivity contribution is 0.0696. The number of nitrogens with zero attached hydrogens (tertiary/aromatic N) is 2. The first-order valence-corrected chi connectivity index (χ1v) is 5.33. The molecule has 3 heterocycles. The Morgan fingerprint density at radius 2 is 2.29 bits per heavy atom. The van der Waals surface area contributed by atoms with Gasteiger partial charge in [0, 0.05) is 23.6 Å². The van der Waals surface area contributed by atoms with Crippen molar-refractivity contribution in [1.82, 2.24) is 9.97 Å². The number of fused-ring (bicyclic) bond motifs is 2. The van der Waals surface area contributed by atoms with E-state index in [9.17, 15) is 4.79 Å². The second-order valence-corrected chi connectivity index (χ2v) is 3.97. The van der Waals surface area contributed by atoms with Crippen molar-refractivity contribution < 1.29 is 14.6 Å². The van der Waals surface area contributed by atoms with Crippen molar-refractivity contribution in [3.05, 3.63) is 35.2 Å². The minimum absolute atomic E-state index is 0.177. The van der Waals surface area contributed by atoms with Gasteiger partial charge in [-0.15, -0.1) is 0 Å². The number of aromatic nitrogens is 2. The van der Waals surface area contributed by atoms with Gasteiger partial charge in [-0.05, 0) is 12.1 Å². The highest BCUT2D eigenvalue weighted by Gasteiger charge is 2.13. The molecule has 0 aromatic carbocycles. The SMILES string of the molecule is O=C(O)c1cnc2nc3c(cc2c1)COCC3. The Morgan fingerprint density at radius 3 is 3.12 bits per heavy atom. The molecule has 2 aromatic rings. The van der Waals surface area contributed by atoms with Crippen LogP contribution < -0.4 is 0 Å². The van der Waals surface area contributed by atoms with Gasteiger partial charge in [0.25, 0.3) is 0 Å². The van der Waals surface area contributed by atoms with Crippen LogP contribution in [0.2, 0.25) is 0 Å². The molecular formula is C12H10N2O3. The second-order valence-electron chi connectivity index (χ2n) is 3.97. The van der Waals surface area contributed by atoms with E-state index in [0.717, 1.165) is 23.1 Å². The van der Waals surface area contributed by atoms with Crippen LogP contribution in [0.15, 0.2) is 18.3 Å². The monoisotopic (exact) mass is 230 g/mol. The largest absolute Gasteiger partial charge is 0.478 e. The molecule has 1 N–H and O–H groups in total. The van der Waals surface area contributed by atoms with E-state index in [0.29, 0.717) is 18.9 Å². The average molecular weight is 230 g/mol. The fourth-order valence-electron chi connectivity index (χ4n) is 1.95. The Bertz CT molecular complexity index is 610. The number of ether oxygens (including phenoxy) is 1. The summed E-state index contributed by atoms with van der Waals surface area (Å²) >= 11 is 0. The predicted octanol–water partition coefficient (Wildman–Crippen LogP) is 1.40. The highest BCUT2D eigenvalue weighted by molar-refractivity contribution is 5.91. The summed E-state index contributed by atoms with van der Waals surface area (Å²) in [5.41, 5.74) is 2.79. The third-order valence-corrected chi connectivity index (χ3v) is 2.82. The summed E-state index contributed by atoms with van der Waals surface area (Å²) in [6.07, 6.45) is 2.12. The van der Waals surface area contributed by atoms with Gasteiger partial charge in [0.15, 0.2) is 5.65 Å². The minimum atomic E-state index is -0.978. The number of pyridine rings is 2. The molecule has 0 saturated heterocycles. The fraction of sp³-hybridized carbons (Fsp3) is 0.250. The molecule has 0 amide bonds. The summed E-state index contributed by atoms with van der Waals surface area (Å²) in [6.45, 7) is 1.22. The number of carboxylic acids is 1. The summed E-state index contributed by atoms with van der Waals surface area (Å²) in [5.74, 6) is -0.978. The predicted molar refractivity (Wildman–Crippen MR) is 59.9 cm³/mol. The van der Waals surface area contributed by atoms with Crippen molar-refractivity contribution in [1.29, 1.82) is 0 Å². The van der Waals surface area contributed by atoms with Gasteiger partial charge in [0.1, 0.15) is 0 Å². The van der Waals surface area contributed by atoms with E-state index in [1.807, 2.05) is 6.07 Å². The highest BCUT2D eigenvalue weighted by Crippen LogP contribution is 2.20. The molecule has 86 valence electrons. The molecule has 0 aliphatic carbocycles. The molecule has 2 aromatic heterocycles. The van der Waals surface area contributed by atoms with Crippen LogP contribution in [0.1, 0.15) is 21.6 Å². The van der Waals surface area contributed by atoms with E-state index in [2.05, 4.69) is 9.97 Å². The Kier molecular flexibility index (Phi) is 2.26. The molecule has 3 rings (SSSR count). The summed E-state index contributed by atoms with van der Waals surface area (Å²) in [7, 11) is 0. The van der Waals surface area contributed by atoms with Crippen molar-refractivity contribution >= 4 is 17.0 Å². The van der Waals surface area contributed by atoms with Gasteiger partial charge in [-0.1, -0.05) is 0 Å². The molecule has 5 heteroatoms. The zero-order valence-corrected chi connectivity index (χ0v) is 9.01. The molecule has 0 fully saturated rings. The van der Waals surface area contributed by atoms with E-state index in [1.54, 1.807) is 6.07 Å². The zero-order valence-electron chi connectivity index (χ0n) is 9.01. The topological polar surface area (TPSA) is 72.3 Å². The number of rotatable bonds is 1. The van der Waals surface area contributed by atoms with E-state index in [4.69, 9.17) is 9.84 Å². The maximum atomic E-state index is 10.8. The molecule has 1 aliphatic heterocycles. The third-order valence-electron chi connectivity index (χ3n) is 2.82. The van der Waals surface area contributed by atoms with Gasteiger partial charge in [-0.25, -0.2) is 14.8 Å². The van der Waals surface area contributed by atoms with Crippen molar-refractivity contribution in [2.24, 2.45) is 0 Å². The number of hydrogen-bond donors (Lipinski definition) is 1. The standard InChI is InChI=1S/C12H10N2O3/c15-12(16)8-3-7-4-9-6-17-2-1-10(9)14-11(7)13-5-8/h3-5H,1-2,6H2,(H,15,16). The Labute approximate surface area is 97.1 Å². The molecule has 0 spiro atoms. The Balaban J connectivity index is 2.20. The van der Waals surface area contributed by atoms with Gasteiger partial charge >= 0.3 is 5.97 Å². The lowest BCUT2D eigenvalue weighted by atomic mass is 10.1. The lowest BCUT2D eigenvalue weighted by Crippen LogP contribution is -2.12. The van der Waals surface area contributed by atoms with Crippen LogP contribution in [0.25, 0.3) is 11.0 Å². The smallest absolute Gasteiger partial charge is 0.337 e. The molecule has 0 unspecified atom stereocenters. The second kappa shape index (κ2) is 3.78. The van der Waals surface area contributed by atoms with Crippen LogP contribution in [0, 0.1) is 0 Å². The Hall–Kier alpha value is -2.01. The Morgan fingerprint density at radius 1 is 1.41 bits per heavy atom. The van der Waals surface area contributed by atoms with E-state index in [-0.39, 0.29) is 5.56 Å². The molecular weight excluding hydrogens is 220 g/mol. The third kappa shape index (κ3) is 1.74. The van der Waals surface area contributed by atoms with Gasteiger partial charge < -0.3 is 9.84 Å². The zero-order chi connectivity index (χ0) is 11.8. The fourth-order valence-corrected chi connectivity index (χ4v) is 1.95.